The van der Waals surface area contributed by atoms with E-state index in [0.717, 1.165) is 10.0 Å². The van der Waals surface area contributed by atoms with Gasteiger partial charge in [0.15, 0.2) is 5.78 Å². The lowest BCUT2D eigenvalue weighted by Crippen LogP contribution is -2.53. The van der Waals surface area contributed by atoms with Crippen LogP contribution in [0, 0.1) is 0 Å². The molecule has 2 aromatic rings. The molecule has 3 atom stereocenters. The highest BCUT2D eigenvalue weighted by molar-refractivity contribution is 9.10. The summed E-state index contributed by atoms with van der Waals surface area (Å²) in [4.78, 5) is 40.0. The molecular formula is C22H22BrN3O4. The molecule has 156 valence electrons. The van der Waals surface area contributed by atoms with Crippen LogP contribution in [0.15, 0.2) is 53.0 Å². The second-order valence-corrected chi connectivity index (χ2v) is 8.48. The first-order chi connectivity index (χ1) is 14.4. The number of rotatable bonds is 5. The number of anilines is 1. The van der Waals surface area contributed by atoms with E-state index in [9.17, 15) is 14.4 Å². The molecule has 0 radical (unpaired) electrons. The van der Waals surface area contributed by atoms with Gasteiger partial charge in [-0.05, 0) is 48.4 Å². The number of carbonyl (C=O) groups is 3. The second kappa shape index (κ2) is 8.57. The van der Waals surface area contributed by atoms with Crippen LogP contribution in [-0.2, 0) is 20.7 Å². The molecule has 2 aliphatic heterocycles. The average Bonchev–Trinajstić information content (AvgIpc) is 3.32. The van der Waals surface area contributed by atoms with Gasteiger partial charge in [0, 0.05) is 28.7 Å². The van der Waals surface area contributed by atoms with Gasteiger partial charge in [-0.15, -0.1) is 0 Å². The lowest BCUT2D eigenvalue weighted by Gasteiger charge is -2.27. The summed E-state index contributed by atoms with van der Waals surface area (Å²) >= 11 is 3.35. The van der Waals surface area contributed by atoms with E-state index in [-0.39, 0.29) is 30.3 Å². The standard InChI is InChI=1S/C22H22BrN3O4/c23-15-5-3-14(4-6-15)21(28)25-17(11-13-1-7-16(24)8-2-13)22(29)26-10-9-19-20(26)18(27)12-30-19/h1-8,17,19-20H,9-12,24H2,(H,25,28). The molecule has 0 bridgehead atoms. The summed E-state index contributed by atoms with van der Waals surface area (Å²) < 4.78 is 6.35. The Bertz CT molecular complexity index is 961. The molecule has 2 aromatic carbocycles. The number of hydrogen-bond acceptors (Lipinski definition) is 5. The Morgan fingerprint density at radius 3 is 2.57 bits per heavy atom. The first kappa shape index (κ1) is 20.6. The SMILES string of the molecule is Nc1ccc(CC(NC(=O)c2ccc(Br)cc2)C(=O)N2CCC3OCC(=O)C32)cc1. The van der Waals surface area contributed by atoms with Crippen molar-refractivity contribution in [2.75, 3.05) is 18.9 Å². The normalized spacial score (nSPS) is 21.4. The van der Waals surface area contributed by atoms with Gasteiger partial charge < -0.3 is 20.7 Å². The van der Waals surface area contributed by atoms with Crippen molar-refractivity contribution in [2.24, 2.45) is 0 Å². The minimum atomic E-state index is -0.808. The van der Waals surface area contributed by atoms with E-state index in [1.54, 1.807) is 41.3 Å². The largest absolute Gasteiger partial charge is 0.399 e. The van der Waals surface area contributed by atoms with Crippen molar-refractivity contribution in [1.82, 2.24) is 10.2 Å². The molecule has 0 saturated carbocycles. The quantitative estimate of drug-likeness (QED) is 0.648. The van der Waals surface area contributed by atoms with Crippen LogP contribution in [0.2, 0.25) is 0 Å². The number of ketones is 1. The smallest absolute Gasteiger partial charge is 0.251 e. The average molecular weight is 472 g/mol. The minimum Gasteiger partial charge on any atom is -0.399 e. The molecule has 3 unspecified atom stereocenters. The number of fused-ring (bicyclic) bond motifs is 1. The Hall–Kier alpha value is -2.71. The number of likely N-dealkylation sites (tertiary alicyclic amines) is 1. The van der Waals surface area contributed by atoms with Crippen molar-refractivity contribution in [3.8, 4) is 0 Å². The zero-order chi connectivity index (χ0) is 21.3. The first-order valence-corrected chi connectivity index (χ1v) is 10.6. The van der Waals surface area contributed by atoms with Gasteiger partial charge >= 0.3 is 0 Å². The highest BCUT2D eigenvalue weighted by atomic mass is 79.9. The number of hydrogen-bond donors (Lipinski definition) is 2. The fourth-order valence-electron chi connectivity index (χ4n) is 3.97. The summed E-state index contributed by atoms with van der Waals surface area (Å²) in [5.74, 6) is -0.707. The maximum atomic E-state index is 13.4. The first-order valence-electron chi connectivity index (χ1n) is 9.78. The van der Waals surface area contributed by atoms with E-state index in [1.807, 2.05) is 12.1 Å². The van der Waals surface area contributed by atoms with Gasteiger partial charge in [-0.2, -0.15) is 0 Å². The maximum Gasteiger partial charge on any atom is 0.251 e. The topological polar surface area (TPSA) is 102 Å². The zero-order valence-corrected chi connectivity index (χ0v) is 17.8. The summed E-state index contributed by atoms with van der Waals surface area (Å²) in [7, 11) is 0. The van der Waals surface area contributed by atoms with Crippen molar-refractivity contribution >= 4 is 39.2 Å². The number of nitrogen functional groups attached to an aromatic ring is 1. The van der Waals surface area contributed by atoms with Gasteiger partial charge in [0.1, 0.15) is 18.7 Å². The third-order valence-electron chi connectivity index (χ3n) is 5.52. The lowest BCUT2D eigenvalue weighted by atomic mass is 10.0. The number of Topliss-reactive ketones (excluding diaryl/α,β-unsaturated/α-hetero) is 1. The molecule has 2 saturated heterocycles. The number of nitrogens with one attached hydrogen (secondary N) is 1. The summed E-state index contributed by atoms with van der Waals surface area (Å²) in [6.07, 6.45) is 0.669. The van der Waals surface area contributed by atoms with Crippen LogP contribution in [0.4, 0.5) is 5.69 Å². The minimum absolute atomic E-state index is 0.0347. The van der Waals surface area contributed by atoms with E-state index in [1.165, 1.54) is 0 Å². The molecule has 8 heteroatoms. The van der Waals surface area contributed by atoms with Crippen molar-refractivity contribution in [2.45, 2.75) is 31.0 Å². The summed E-state index contributed by atoms with van der Waals surface area (Å²) in [5.41, 5.74) is 7.70. The van der Waals surface area contributed by atoms with Crippen molar-refractivity contribution in [3.63, 3.8) is 0 Å². The molecule has 2 heterocycles. The Kier molecular flexibility index (Phi) is 5.87. The van der Waals surface area contributed by atoms with Crippen molar-refractivity contribution in [3.05, 3.63) is 64.1 Å². The molecule has 3 N–H and O–H groups in total. The monoisotopic (exact) mass is 471 g/mol. The molecular weight excluding hydrogens is 450 g/mol. The number of benzene rings is 2. The van der Waals surface area contributed by atoms with Crippen LogP contribution < -0.4 is 11.1 Å². The van der Waals surface area contributed by atoms with Crippen LogP contribution in [0.1, 0.15) is 22.3 Å². The Morgan fingerprint density at radius 1 is 1.17 bits per heavy atom. The number of halogens is 1. The van der Waals surface area contributed by atoms with Gasteiger partial charge in [0.25, 0.3) is 5.91 Å². The third kappa shape index (κ3) is 4.24. The number of nitrogens with zero attached hydrogens (tertiary/aromatic N) is 1. The third-order valence-corrected chi connectivity index (χ3v) is 6.05. The lowest BCUT2D eigenvalue weighted by molar-refractivity contribution is -0.138. The van der Waals surface area contributed by atoms with Crippen LogP contribution in [0.5, 0.6) is 0 Å². The molecule has 2 aliphatic rings. The Labute approximate surface area is 182 Å². The fourth-order valence-corrected chi connectivity index (χ4v) is 4.24. The number of ether oxygens (including phenoxy) is 1. The van der Waals surface area contributed by atoms with Crippen LogP contribution >= 0.6 is 15.9 Å². The summed E-state index contributed by atoms with van der Waals surface area (Å²) in [5, 5.41) is 2.86. The molecule has 4 rings (SSSR count). The van der Waals surface area contributed by atoms with Crippen LogP contribution in [-0.4, -0.2) is 53.8 Å². The van der Waals surface area contributed by atoms with E-state index in [2.05, 4.69) is 21.2 Å². The molecule has 0 spiro atoms. The molecule has 2 amide bonds. The van der Waals surface area contributed by atoms with Crippen LogP contribution in [0.3, 0.4) is 0 Å². The Balaban J connectivity index is 1.57. The van der Waals surface area contributed by atoms with E-state index >= 15 is 0 Å². The zero-order valence-electron chi connectivity index (χ0n) is 16.2. The van der Waals surface area contributed by atoms with Gasteiger partial charge in [0.05, 0.1) is 6.10 Å². The number of carbonyl (C=O) groups excluding carboxylic acids is 3. The summed E-state index contributed by atoms with van der Waals surface area (Å²) in [6, 6.07) is 12.7. The predicted octanol–water partition coefficient (Wildman–Crippen LogP) is 1.94. The van der Waals surface area contributed by atoms with E-state index < -0.39 is 12.1 Å². The van der Waals surface area contributed by atoms with E-state index in [4.69, 9.17) is 10.5 Å². The molecule has 30 heavy (non-hydrogen) atoms. The van der Waals surface area contributed by atoms with Crippen molar-refractivity contribution in [1.29, 1.82) is 0 Å². The van der Waals surface area contributed by atoms with E-state index in [0.29, 0.717) is 30.6 Å². The molecule has 0 aliphatic carbocycles. The summed E-state index contributed by atoms with van der Waals surface area (Å²) in [6.45, 7) is 0.472. The van der Waals surface area contributed by atoms with Gasteiger partial charge in [0.2, 0.25) is 5.91 Å². The highest BCUT2D eigenvalue weighted by Gasteiger charge is 2.48. The molecule has 7 nitrogen and oxygen atoms in total. The van der Waals surface area contributed by atoms with Gasteiger partial charge in [-0.1, -0.05) is 28.1 Å². The number of nitrogens with two attached hydrogens (primary N) is 1. The van der Waals surface area contributed by atoms with Crippen molar-refractivity contribution < 1.29 is 19.1 Å². The number of amides is 2. The second-order valence-electron chi connectivity index (χ2n) is 7.56. The highest BCUT2D eigenvalue weighted by Crippen LogP contribution is 2.28. The van der Waals surface area contributed by atoms with Gasteiger partial charge in [-0.3, -0.25) is 14.4 Å². The van der Waals surface area contributed by atoms with Crippen LogP contribution in [0.25, 0.3) is 0 Å². The molecule has 2 fully saturated rings. The predicted molar refractivity (Wildman–Crippen MR) is 115 cm³/mol. The van der Waals surface area contributed by atoms with Gasteiger partial charge in [-0.25, -0.2) is 0 Å². The maximum absolute atomic E-state index is 13.4. The molecule has 0 aromatic heterocycles. The Morgan fingerprint density at radius 2 is 1.87 bits per heavy atom. The fraction of sp³-hybridized carbons (Fsp3) is 0.318.